The van der Waals surface area contributed by atoms with E-state index in [2.05, 4.69) is 4.98 Å². The number of nitrogens with zero attached hydrogens (tertiary/aromatic N) is 3. The van der Waals surface area contributed by atoms with Crippen LogP contribution in [0.4, 0.5) is 0 Å². The first-order chi connectivity index (χ1) is 13.8. The Kier molecular flexibility index (Phi) is 5.69. The van der Waals surface area contributed by atoms with E-state index < -0.39 is 11.6 Å². The number of carbonyl (C=O) groups is 1. The van der Waals surface area contributed by atoms with Crippen molar-refractivity contribution in [1.82, 2.24) is 9.38 Å². The highest BCUT2D eigenvalue weighted by Crippen LogP contribution is 2.27. The van der Waals surface area contributed by atoms with Crippen molar-refractivity contribution < 1.29 is 14.3 Å². The third kappa shape index (κ3) is 4.82. The van der Waals surface area contributed by atoms with Crippen LogP contribution in [0, 0.1) is 18.3 Å². The molecule has 0 spiro atoms. The second-order valence-corrected chi connectivity index (χ2v) is 7.63. The summed E-state index contributed by atoms with van der Waals surface area (Å²) < 4.78 is 13.1. The number of imidazole rings is 1. The van der Waals surface area contributed by atoms with Crippen LogP contribution in [0.25, 0.3) is 11.7 Å². The SMILES string of the molecule is Cc1cccn2c(C=C(C#N)C(=O)OCc3ccccc3)c(OC(C)(C)C)nc12. The van der Waals surface area contributed by atoms with E-state index in [-0.39, 0.29) is 12.2 Å². The Morgan fingerprint density at radius 1 is 1.21 bits per heavy atom. The molecule has 0 saturated carbocycles. The molecule has 3 aromatic rings. The summed E-state index contributed by atoms with van der Waals surface area (Å²) in [7, 11) is 0. The summed E-state index contributed by atoms with van der Waals surface area (Å²) in [5, 5.41) is 9.55. The molecule has 0 bridgehead atoms. The van der Waals surface area contributed by atoms with Crippen LogP contribution in [-0.4, -0.2) is 21.0 Å². The maximum atomic E-state index is 12.5. The maximum Gasteiger partial charge on any atom is 0.349 e. The lowest BCUT2D eigenvalue weighted by atomic mass is 10.2. The Balaban J connectivity index is 1.97. The molecule has 0 fully saturated rings. The summed E-state index contributed by atoms with van der Waals surface area (Å²) in [5.74, 6) is -0.337. The number of hydrogen-bond acceptors (Lipinski definition) is 5. The van der Waals surface area contributed by atoms with Crippen LogP contribution in [0.1, 0.15) is 37.6 Å². The largest absolute Gasteiger partial charge is 0.470 e. The molecule has 0 unspecified atom stereocenters. The van der Waals surface area contributed by atoms with Crippen LogP contribution < -0.4 is 4.74 Å². The van der Waals surface area contributed by atoms with Gasteiger partial charge in [0.15, 0.2) is 0 Å². The van der Waals surface area contributed by atoms with Crippen LogP contribution in [0.3, 0.4) is 0 Å². The second-order valence-electron chi connectivity index (χ2n) is 7.63. The second kappa shape index (κ2) is 8.19. The van der Waals surface area contributed by atoms with E-state index >= 15 is 0 Å². The van der Waals surface area contributed by atoms with Gasteiger partial charge in [-0.25, -0.2) is 4.79 Å². The van der Waals surface area contributed by atoms with Crippen LogP contribution in [0.15, 0.2) is 54.2 Å². The quantitative estimate of drug-likeness (QED) is 0.365. The zero-order valence-electron chi connectivity index (χ0n) is 17.0. The molecule has 2 aromatic heterocycles. The Bertz CT molecular complexity index is 1100. The van der Waals surface area contributed by atoms with Gasteiger partial charge in [0, 0.05) is 6.20 Å². The Labute approximate surface area is 170 Å². The van der Waals surface area contributed by atoms with Gasteiger partial charge in [-0.1, -0.05) is 36.4 Å². The molecule has 2 heterocycles. The highest BCUT2D eigenvalue weighted by atomic mass is 16.5. The molecular weight excluding hydrogens is 366 g/mol. The van der Waals surface area contributed by atoms with Crippen LogP contribution >= 0.6 is 0 Å². The Morgan fingerprint density at radius 3 is 2.59 bits per heavy atom. The number of hydrogen-bond donors (Lipinski definition) is 0. The normalized spacial score (nSPS) is 11.9. The monoisotopic (exact) mass is 389 g/mol. The third-order valence-corrected chi connectivity index (χ3v) is 4.09. The summed E-state index contributed by atoms with van der Waals surface area (Å²) in [6, 6.07) is 15.1. The zero-order chi connectivity index (χ0) is 21.0. The van der Waals surface area contributed by atoms with Crippen molar-refractivity contribution in [2.24, 2.45) is 0 Å². The molecule has 0 radical (unpaired) electrons. The smallest absolute Gasteiger partial charge is 0.349 e. The highest BCUT2D eigenvalue weighted by molar-refractivity contribution is 5.98. The first-order valence-corrected chi connectivity index (χ1v) is 9.28. The van der Waals surface area contributed by atoms with E-state index in [0.717, 1.165) is 11.1 Å². The zero-order valence-corrected chi connectivity index (χ0v) is 17.0. The van der Waals surface area contributed by atoms with Gasteiger partial charge in [-0.15, -0.1) is 0 Å². The average molecular weight is 389 g/mol. The van der Waals surface area contributed by atoms with E-state index in [4.69, 9.17) is 9.47 Å². The van der Waals surface area contributed by atoms with E-state index in [9.17, 15) is 10.1 Å². The van der Waals surface area contributed by atoms with Crippen molar-refractivity contribution in [3.8, 4) is 11.9 Å². The molecular formula is C23H23N3O3. The van der Waals surface area contributed by atoms with Crippen molar-refractivity contribution in [2.75, 3.05) is 0 Å². The van der Waals surface area contributed by atoms with Crippen LogP contribution in [0.2, 0.25) is 0 Å². The molecule has 0 saturated heterocycles. The fourth-order valence-corrected chi connectivity index (χ4v) is 2.77. The molecule has 6 heteroatoms. The van der Waals surface area contributed by atoms with Gasteiger partial charge >= 0.3 is 5.97 Å². The van der Waals surface area contributed by atoms with Crippen molar-refractivity contribution in [3.05, 3.63) is 71.1 Å². The first-order valence-electron chi connectivity index (χ1n) is 9.28. The third-order valence-electron chi connectivity index (χ3n) is 4.09. The first kappa shape index (κ1) is 20.2. The lowest BCUT2D eigenvalue weighted by Gasteiger charge is -2.19. The molecule has 0 aliphatic rings. The number of aromatic nitrogens is 2. The minimum atomic E-state index is -0.694. The molecule has 0 aliphatic heterocycles. The molecule has 6 nitrogen and oxygen atoms in total. The predicted molar refractivity (Wildman–Crippen MR) is 110 cm³/mol. The van der Waals surface area contributed by atoms with Crippen LogP contribution in [-0.2, 0) is 16.1 Å². The number of carbonyl (C=O) groups excluding carboxylic acids is 1. The van der Waals surface area contributed by atoms with E-state index in [1.807, 2.05) is 82.4 Å². The molecule has 29 heavy (non-hydrogen) atoms. The summed E-state index contributed by atoms with van der Waals surface area (Å²) in [6.07, 6.45) is 3.29. The van der Waals surface area contributed by atoms with E-state index in [1.54, 1.807) is 4.40 Å². The molecule has 3 rings (SSSR count). The van der Waals surface area contributed by atoms with Gasteiger partial charge in [0.2, 0.25) is 5.88 Å². The van der Waals surface area contributed by atoms with Gasteiger partial charge in [-0.2, -0.15) is 10.2 Å². The summed E-state index contributed by atoms with van der Waals surface area (Å²) in [5.41, 5.74) is 2.41. The van der Waals surface area contributed by atoms with Crippen molar-refractivity contribution in [2.45, 2.75) is 39.9 Å². The van der Waals surface area contributed by atoms with Crippen molar-refractivity contribution >= 4 is 17.7 Å². The molecule has 1 aromatic carbocycles. The molecule has 0 N–H and O–H groups in total. The Hall–Kier alpha value is -3.59. The number of pyridine rings is 1. The lowest BCUT2D eigenvalue weighted by Crippen LogP contribution is -2.23. The summed E-state index contributed by atoms with van der Waals surface area (Å²) in [4.78, 5) is 17.1. The van der Waals surface area contributed by atoms with Gasteiger partial charge < -0.3 is 9.47 Å². The van der Waals surface area contributed by atoms with Crippen molar-refractivity contribution in [1.29, 1.82) is 5.26 Å². The number of nitriles is 1. The van der Waals surface area contributed by atoms with Crippen molar-refractivity contribution in [3.63, 3.8) is 0 Å². The molecule has 0 atom stereocenters. The number of aryl methyl sites for hydroxylation is 1. The summed E-state index contributed by atoms with van der Waals surface area (Å²) in [6.45, 7) is 7.77. The van der Waals surface area contributed by atoms with Gasteiger partial charge in [0.05, 0.1) is 0 Å². The standard InChI is InChI=1S/C23H23N3O3/c1-16-9-8-12-26-19(21(25-20(16)26)29-23(2,3)4)13-18(14-24)22(27)28-15-17-10-6-5-7-11-17/h5-13H,15H2,1-4H3. The number of benzene rings is 1. The number of fused-ring (bicyclic) bond motifs is 1. The summed E-state index contributed by atoms with van der Waals surface area (Å²) >= 11 is 0. The number of ether oxygens (including phenoxy) is 2. The van der Waals surface area contributed by atoms with Gasteiger partial charge in [-0.3, -0.25) is 4.40 Å². The minimum Gasteiger partial charge on any atom is -0.470 e. The van der Waals surface area contributed by atoms with E-state index in [1.165, 1.54) is 6.08 Å². The molecule has 0 amide bonds. The lowest BCUT2D eigenvalue weighted by molar-refractivity contribution is -0.139. The van der Waals surface area contributed by atoms with Gasteiger partial charge in [-0.05, 0) is 51.0 Å². The van der Waals surface area contributed by atoms with Gasteiger partial charge in [0.1, 0.15) is 35.2 Å². The Morgan fingerprint density at radius 2 is 1.93 bits per heavy atom. The topological polar surface area (TPSA) is 76.6 Å². The van der Waals surface area contributed by atoms with Crippen LogP contribution in [0.5, 0.6) is 5.88 Å². The molecule has 0 aliphatic carbocycles. The fourth-order valence-electron chi connectivity index (χ4n) is 2.77. The van der Waals surface area contributed by atoms with E-state index in [0.29, 0.717) is 17.2 Å². The molecule has 148 valence electrons. The number of esters is 1. The minimum absolute atomic E-state index is 0.0936. The fraction of sp³-hybridized carbons (Fsp3) is 0.261. The number of rotatable bonds is 5. The maximum absolute atomic E-state index is 12.5. The average Bonchev–Trinajstić information content (AvgIpc) is 3.01. The van der Waals surface area contributed by atoms with Gasteiger partial charge in [0.25, 0.3) is 0 Å². The predicted octanol–water partition coefficient (Wildman–Crippen LogP) is 4.47. The highest BCUT2D eigenvalue weighted by Gasteiger charge is 2.21.